The average Bonchev–Trinajstić information content (AvgIpc) is 2.50. The van der Waals surface area contributed by atoms with Crippen LogP contribution in [0.3, 0.4) is 0 Å². The number of anilines is 2. The molecule has 5 heteroatoms. The molecule has 1 aliphatic rings. The maximum absolute atomic E-state index is 4.58. The number of hydrogen-bond donors (Lipinski definition) is 1. The van der Waals surface area contributed by atoms with Gasteiger partial charge in [-0.15, -0.1) is 0 Å². The minimum atomic E-state index is 0.434. The second kappa shape index (κ2) is 6.18. The molecule has 110 valence electrons. The molecule has 1 fully saturated rings. The van der Waals surface area contributed by atoms with Gasteiger partial charge in [-0.05, 0) is 45.0 Å². The second-order valence-corrected chi connectivity index (χ2v) is 5.69. The van der Waals surface area contributed by atoms with Gasteiger partial charge in [-0.1, -0.05) is 6.07 Å². The highest BCUT2D eigenvalue weighted by Gasteiger charge is 2.23. The zero-order valence-electron chi connectivity index (χ0n) is 12.6. The molecule has 0 radical (unpaired) electrons. The van der Waals surface area contributed by atoms with E-state index in [2.05, 4.69) is 32.2 Å². The number of aryl methyl sites for hydroxylation is 1. The molecule has 2 aromatic heterocycles. The largest absolute Gasteiger partial charge is 0.323 e. The number of nitrogens with one attached hydrogen (secondary N) is 1. The van der Waals surface area contributed by atoms with Gasteiger partial charge >= 0.3 is 0 Å². The van der Waals surface area contributed by atoms with Crippen LogP contribution in [0.25, 0.3) is 0 Å². The molecule has 21 heavy (non-hydrogen) atoms. The van der Waals surface area contributed by atoms with Crippen LogP contribution in [0, 0.1) is 6.92 Å². The topological polar surface area (TPSA) is 53.9 Å². The number of likely N-dealkylation sites (tertiary alicyclic amines) is 1. The molecule has 1 aliphatic heterocycles. The minimum Gasteiger partial charge on any atom is -0.323 e. The number of aromatic nitrogens is 3. The van der Waals surface area contributed by atoms with Crippen LogP contribution in [0.2, 0.25) is 0 Å². The summed E-state index contributed by atoms with van der Waals surface area (Å²) in [5, 5.41) is 3.35. The summed E-state index contributed by atoms with van der Waals surface area (Å²) in [6, 6.07) is 3.98. The summed E-state index contributed by atoms with van der Waals surface area (Å²) in [6.07, 6.45) is 7.68. The fourth-order valence-corrected chi connectivity index (χ4v) is 2.86. The van der Waals surface area contributed by atoms with Crippen molar-refractivity contribution >= 4 is 11.6 Å². The van der Waals surface area contributed by atoms with E-state index in [4.69, 9.17) is 0 Å². The lowest BCUT2D eigenvalue weighted by Gasteiger charge is -2.30. The van der Waals surface area contributed by atoms with Crippen LogP contribution in [0.4, 0.5) is 11.6 Å². The lowest BCUT2D eigenvalue weighted by atomic mass is 9.94. The molecule has 1 atom stereocenters. The highest BCUT2D eigenvalue weighted by atomic mass is 15.1. The lowest BCUT2D eigenvalue weighted by Crippen LogP contribution is -2.31. The van der Waals surface area contributed by atoms with Crippen molar-refractivity contribution in [1.82, 2.24) is 19.9 Å². The Morgan fingerprint density at radius 3 is 2.76 bits per heavy atom. The first-order valence-corrected chi connectivity index (χ1v) is 7.42. The zero-order valence-corrected chi connectivity index (χ0v) is 12.6. The summed E-state index contributed by atoms with van der Waals surface area (Å²) in [7, 11) is 2.17. The van der Waals surface area contributed by atoms with E-state index in [1.54, 1.807) is 18.6 Å². The van der Waals surface area contributed by atoms with E-state index in [0.717, 1.165) is 29.4 Å². The van der Waals surface area contributed by atoms with Crippen molar-refractivity contribution in [3.05, 3.63) is 42.0 Å². The number of piperidine rings is 1. The number of rotatable bonds is 3. The van der Waals surface area contributed by atoms with Gasteiger partial charge in [-0.3, -0.25) is 4.98 Å². The molecule has 2 aromatic rings. The Kier molecular flexibility index (Phi) is 4.10. The fourth-order valence-electron chi connectivity index (χ4n) is 2.86. The van der Waals surface area contributed by atoms with Gasteiger partial charge in [0.1, 0.15) is 5.82 Å². The molecule has 0 bridgehead atoms. The van der Waals surface area contributed by atoms with Crippen LogP contribution in [0.1, 0.15) is 30.0 Å². The molecule has 3 rings (SSSR count). The summed E-state index contributed by atoms with van der Waals surface area (Å²) in [5.41, 5.74) is 2.16. The Hall–Kier alpha value is -2.01. The molecule has 1 N–H and O–H groups in total. The highest BCUT2D eigenvalue weighted by molar-refractivity contribution is 5.57. The van der Waals surface area contributed by atoms with Crippen molar-refractivity contribution < 1.29 is 0 Å². The summed E-state index contributed by atoms with van der Waals surface area (Å²) in [4.78, 5) is 15.8. The van der Waals surface area contributed by atoms with Gasteiger partial charge < -0.3 is 10.2 Å². The Labute approximate surface area is 125 Å². The van der Waals surface area contributed by atoms with Gasteiger partial charge in [0.15, 0.2) is 5.82 Å². The first-order chi connectivity index (χ1) is 10.2. The van der Waals surface area contributed by atoms with Gasteiger partial charge in [0, 0.05) is 31.1 Å². The Morgan fingerprint density at radius 1 is 1.14 bits per heavy atom. The van der Waals surface area contributed by atoms with Crippen molar-refractivity contribution in [2.24, 2.45) is 0 Å². The van der Waals surface area contributed by atoms with E-state index in [9.17, 15) is 0 Å². The van der Waals surface area contributed by atoms with Crippen LogP contribution >= 0.6 is 0 Å². The van der Waals surface area contributed by atoms with E-state index < -0.39 is 0 Å². The van der Waals surface area contributed by atoms with Crippen molar-refractivity contribution in [1.29, 1.82) is 0 Å². The summed E-state index contributed by atoms with van der Waals surface area (Å²) in [6.45, 7) is 4.24. The van der Waals surface area contributed by atoms with Crippen molar-refractivity contribution in [3.63, 3.8) is 0 Å². The van der Waals surface area contributed by atoms with Gasteiger partial charge in [0.2, 0.25) is 0 Å². The molecule has 0 aromatic carbocycles. The zero-order chi connectivity index (χ0) is 14.7. The number of hydrogen-bond acceptors (Lipinski definition) is 5. The predicted molar refractivity (Wildman–Crippen MR) is 83.8 cm³/mol. The lowest BCUT2D eigenvalue weighted by molar-refractivity contribution is 0.248. The average molecular weight is 283 g/mol. The van der Waals surface area contributed by atoms with Gasteiger partial charge in [-0.25, -0.2) is 9.97 Å². The highest BCUT2D eigenvalue weighted by Crippen LogP contribution is 2.30. The van der Waals surface area contributed by atoms with E-state index in [1.165, 1.54) is 19.4 Å². The van der Waals surface area contributed by atoms with Gasteiger partial charge in [0.05, 0.1) is 5.69 Å². The molecule has 1 saturated heterocycles. The molecule has 5 nitrogen and oxygen atoms in total. The van der Waals surface area contributed by atoms with Crippen LogP contribution in [0.5, 0.6) is 0 Å². The monoisotopic (exact) mass is 283 g/mol. The Bertz CT molecular complexity index is 613. The number of pyridine rings is 1. The third-order valence-electron chi connectivity index (χ3n) is 3.98. The Balaban J connectivity index is 1.87. The third-order valence-corrected chi connectivity index (χ3v) is 3.98. The number of nitrogens with zero attached hydrogens (tertiary/aromatic N) is 4. The quantitative estimate of drug-likeness (QED) is 0.938. The fraction of sp³-hybridized carbons (Fsp3) is 0.438. The smallest absolute Gasteiger partial charge is 0.153 e. The van der Waals surface area contributed by atoms with Crippen LogP contribution in [0.15, 0.2) is 30.7 Å². The van der Waals surface area contributed by atoms with E-state index in [0.29, 0.717) is 5.92 Å². The van der Waals surface area contributed by atoms with Gasteiger partial charge in [0.25, 0.3) is 0 Å². The third kappa shape index (κ3) is 3.19. The van der Waals surface area contributed by atoms with Crippen LogP contribution < -0.4 is 5.32 Å². The summed E-state index contributed by atoms with van der Waals surface area (Å²) in [5.74, 6) is 2.12. The number of likely N-dealkylation sites (N-methyl/N-ethyl adjacent to an activating group) is 1. The molecule has 0 amide bonds. The first kappa shape index (κ1) is 13.9. The second-order valence-electron chi connectivity index (χ2n) is 5.69. The van der Waals surface area contributed by atoms with Crippen LogP contribution in [-0.4, -0.2) is 40.0 Å². The summed E-state index contributed by atoms with van der Waals surface area (Å²) >= 11 is 0. The van der Waals surface area contributed by atoms with E-state index in [-0.39, 0.29) is 0 Å². The van der Waals surface area contributed by atoms with Crippen LogP contribution in [-0.2, 0) is 0 Å². The Morgan fingerprint density at radius 2 is 1.95 bits per heavy atom. The van der Waals surface area contributed by atoms with Crippen molar-refractivity contribution in [2.45, 2.75) is 25.7 Å². The molecule has 0 saturated carbocycles. The van der Waals surface area contributed by atoms with Crippen molar-refractivity contribution in [2.75, 3.05) is 25.5 Å². The summed E-state index contributed by atoms with van der Waals surface area (Å²) < 4.78 is 0. The first-order valence-electron chi connectivity index (χ1n) is 7.42. The van der Waals surface area contributed by atoms with E-state index >= 15 is 0 Å². The standard InChI is InChI=1S/C16H21N5/c1-12-5-3-7-18-15(12)20-16-14(17-8-9-19-16)13-6-4-10-21(2)11-13/h3,5,7-9,13H,4,6,10-11H2,1-2H3,(H,18,19,20)/t13-/m0/s1. The predicted octanol–water partition coefficient (Wildman–Crippen LogP) is 2.73. The van der Waals surface area contributed by atoms with Gasteiger partial charge in [-0.2, -0.15) is 0 Å². The van der Waals surface area contributed by atoms with Crippen molar-refractivity contribution in [3.8, 4) is 0 Å². The molecule has 0 aliphatic carbocycles. The molecular weight excluding hydrogens is 262 g/mol. The molecule has 3 heterocycles. The normalized spacial score (nSPS) is 19.4. The SMILES string of the molecule is Cc1cccnc1Nc1nccnc1[C@H]1CCCN(C)C1. The molecular formula is C16H21N5. The molecule has 0 unspecified atom stereocenters. The molecule has 0 spiro atoms. The van der Waals surface area contributed by atoms with E-state index in [1.807, 2.05) is 19.1 Å². The minimum absolute atomic E-state index is 0.434. The maximum Gasteiger partial charge on any atom is 0.153 e. The maximum atomic E-state index is 4.58.